The van der Waals surface area contributed by atoms with Crippen molar-refractivity contribution in [3.8, 4) is 0 Å². The first kappa shape index (κ1) is 54.0. The summed E-state index contributed by atoms with van der Waals surface area (Å²) >= 11 is 0. The molecule has 1 aliphatic rings. The van der Waals surface area contributed by atoms with Crippen molar-refractivity contribution in [3.63, 3.8) is 0 Å². The fourth-order valence-corrected chi connectivity index (χ4v) is 7.15. The predicted molar refractivity (Wildman–Crippen MR) is 228 cm³/mol. The molecule has 0 aromatic rings. The van der Waals surface area contributed by atoms with E-state index in [2.05, 4.69) is 59.8 Å². The lowest BCUT2D eigenvalue weighted by Gasteiger charge is -2.41. The minimum Gasteiger partial charge on any atom is -0.394 e. The first-order chi connectivity index (χ1) is 27.9. The molecule has 338 valence electrons. The predicted octanol–water partition coefficient (Wildman–Crippen LogP) is 7.07. The zero-order valence-corrected chi connectivity index (χ0v) is 36.3. The lowest BCUT2D eigenvalue weighted by Crippen LogP contribution is -2.61. The molecule has 0 radical (unpaired) electrons. The Morgan fingerprint density at radius 1 is 0.707 bits per heavy atom. The summed E-state index contributed by atoms with van der Waals surface area (Å²) in [6.45, 7) is 3.13. The van der Waals surface area contributed by atoms with Gasteiger partial charge in [0.15, 0.2) is 6.29 Å². The van der Waals surface area contributed by atoms with Gasteiger partial charge >= 0.3 is 10.4 Å². The molecule has 1 aliphatic heterocycles. The molecule has 0 saturated carbocycles. The summed E-state index contributed by atoms with van der Waals surface area (Å²) in [7, 11) is -5.12. The molecule has 0 aromatic carbocycles. The van der Waals surface area contributed by atoms with Crippen molar-refractivity contribution < 1.29 is 57.0 Å². The van der Waals surface area contributed by atoms with Crippen LogP contribution < -0.4 is 5.32 Å². The highest BCUT2D eigenvalue weighted by Crippen LogP contribution is 2.26. The van der Waals surface area contributed by atoms with Crippen LogP contribution in [0.4, 0.5) is 0 Å². The summed E-state index contributed by atoms with van der Waals surface area (Å²) in [4.78, 5) is 13.1. The molecule has 1 amide bonds. The Kier molecular flexibility index (Phi) is 32.3. The number of aliphatic hydroxyl groups excluding tert-OH is 5. The third-order valence-electron chi connectivity index (χ3n) is 10.2. The number of aliphatic hydroxyl groups is 5. The largest absolute Gasteiger partial charge is 0.397 e. The van der Waals surface area contributed by atoms with Crippen LogP contribution in [0.2, 0.25) is 0 Å². The SMILES string of the molecule is CCCCC/C=C\C=C/CCCCCCCC(O)C(=O)NC(COC1OC(CO)C(O)C(OS(=O)(=O)O)C1O)C(O)/C=C/CC/C=C/CCCCCCCCCCC. The molecule has 0 spiro atoms. The van der Waals surface area contributed by atoms with E-state index in [0.29, 0.717) is 12.8 Å². The van der Waals surface area contributed by atoms with Gasteiger partial charge < -0.3 is 40.3 Å². The maximum absolute atomic E-state index is 13.1. The molecule has 0 bridgehead atoms. The van der Waals surface area contributed by atoms with Gasteiger partial charge in [0.05, 0.1) is 25.4 Å². The maximum atomic E-state index is 13.1. The van der Waals surface area contributed by atoms with Crippen molar-refractivity contribution in [2.24, 2.45) is 0 Å². The van der Waals surface area contributed by atoms with Gasteiger partial charge in [-0.05, 0) is 57.8 Å². The summed E-state index contributed by atoms with van der Waals surface area (Å²) < 4.78 is 47.4. The van der Waals surface area contributed by atoms with Crippen LogP contribution in [-0.4, -0.2) is 107 Å². The van der Waals surface area contributed by atoms with Gasteiger partial charge in [0.2, 0.25) is 5.91 Å². The van der Waals surface area contributed by atoms with Gasteiger partial charge in [-0.15, -0.1) is 0 Å². The van der Waals surface area contributed by atoms with Crippen molar-refractivity contribution in [2.75, 3.05) is 13.2 Å². The van der Waals surface area contributed by atoms with E-state index < -0.39 is 78.5 Å². The maximum Gasteiger partial charge on any atom is 0.397 e. The molecule has 1 heterocycles. The standard InChI is InChI=1S/C44H79NO12S/c1-3-5-7-9-11-13-15-17-19-21-22-24-26-28-30-32-37(47)36(35-55-44-41(50)42(57-58(52,53)54)40(49)39(34-46)56-44)45-43(51)38(48)33-31-29-27-25-23-20-18-16-14-12-10-8-6-4-2/h12,14,16,18,22,24,30,32,36-42,44,46-50H,3-11,13,15,17,19-21,23,25-29,31,33-35H2,1-2H3,(H,45,51)(H,52,53,54)/b14-12-,18-16-,24-22+,32-30+. The number of nitrogens with one attached hydrogen (secondary N) is 1. The molecule has 8 unspecified atom stereocenters. The average Bonchev–Trinajstić information content (AvgIpc) is 3.19. The second-order valence-electron chi connectivity index (χ2n) is 15.4. The molecule has 0 aliphatic carbocycles. The van der Waals surface area contributed by atoms with E-state index in [-0.39, 0.29) is 6.42 Å². The molecule has 13 nitrogen and oxygen atoms in total. The molecule has 7 N–H and O–H groups in total. The van der Waals surface area contributed by atoms with Crippen LogP contribution in [0.15, 0.2) is 48.6 Å². The van der Waals surface area contributed by atoms with E-state index in [4.69, 9.17) is 14.0 Å². The Balaban J connectivity index is 2.67. The van der Waals surface area contributed by atoms with Gasteiger partial charge in [-0.25, -0.2) is 4.18 Å². The van der Waals surface area contributed by atoms with Gasteiger partial charge in [0, 0.05) is 0 Å². The third-order valence-corrected chi connectivity index (χ3v) is 10.7. The Labute approximate surface area is 350 Å². The monoisotopic (exact) mass is 846 g/mol. The number of amides is 1. The smallest absolute Gasteiger partial charge is 0.394 e. The second-order valence-corrected chi connectivity index (χ2v) is 16.5. The zero-order chi connectivity index (χ0) is 42.9. The number of rotatable bonds is 36. The van der Waals surface area contributed by atoms with Gasteiger partial charge in [0.1, 0.15) is 30.5 Å². The van der Waals surface area contributed by atoms with E-state index in [0.717, 1.165) is 57.8 Å². The first-order valence-corrected chi connectivity index (χ1v) is 23.5. The van der Waals surface area contributed by atoms with Crippen LogP contribution in [0, 0.1) is 0 Å². The quantitative estimate of drug-likeness (QED) is 0.0146. The number of carbonyl (C=O) groups is 1. The highest BCUT2D eigenvalue weighted by Gasteiger charge is 2.48. The average molecular weight is 846 g/mol. The summed E-state index contributed by atoms with van der Waals surface area (Å²) in [5, 5.41) is 55.1. The van der Waals surface area contributed by atoms with Gasteiger partial charge in [-0.2, -0.15) is 8.42 Å². The third kappa shape index (κ3) is 27.0. The molecule has 1 rings (SSSR count). The lowest BCUT2D eigenvalue weighted by molar-refractivity contribution is -0.298. The highest BCUT2D eigenvalue weighted by atomic mass is 32.3. The second kappa shape index (κ2) is 34.7. The molecular weight excluding hydrogens is 767 g/mol. The topological polar surface area (TPSA) is 212 Å². The molecule has 58 heavy (non-hydrogen) atoms. The molecular formula is C44H79NO12S. The van der Waals surface area contributed by atoms with Gasteiger partial charge in [-0.1, -0.05) is 152 Å². The van der Waals surface area contributed by atoms with E-state index in [9.17, 15) is 38.7 Å². The van der Waals surface area contributed by atoms with Crippen LogP contribution in [0.3, 0.4) is 0 Å². The number of hydrogen-bond donors (Lipinski definition) is 7. The molecule has 0 aromatic heterocycles. The summed E-state index contributed by atoms with van der Waals surface area (Å²) in [6, 6.07) is -1.14. The van der Waals surface area contributed by atoms with E-state index in [1.165, 1.54) is 76.7 Å². The first-order valence-electron chi connectivity index (χ1n) is 22.1. The van der Waals surface area contributed by atoms with Crippen LogP contribution >= 0.6 is 0 Å². The van der Waals surface area contributed by atoms with Crippen LogP contribution in [0.5, 0.6) is 0 Å². The fraction of sp³-hybridized carbons (Fsp3) is 0.795. The van der Waals surface area contributed by atoms with E-state index in [1.54, 1.807) is 6.08 Å². The molecule has 14 heteroatoms. The van der Waals surface area contributed by atoms with E-state index >= 15 is 0 Å². The lowest BCUT2D eigenvalue weighted by atomic mass is 9.99. The fourth-order valence-electron chi connectivity index (χ4n) is 6.64. The number of carbonyl (C=O) groups excluding carboxylic acids is 1. The van der Waals surface area contributed by atoms with Gasteiger partial charge in [-0.3, -0.25) is 9.35 Å². The normalized spacial score (nSPS) is 22.1. The Morgan fingerprint density at radius 2 is 1.21 bits per heavy atom. The molecule has 8 atom stereocenters. The van der Waals surface area contributed by atoms with E-state index in [1.807, 2.05) is 0 Å². The summed E-state index contributed by atoms with van der Waals surface area (Å²) in [5.41, 5.74) is 0. The van der Waals surface area contributed by atoms with Crippen LogP contribution in [0.1, 0.15) is 162 Å². The zero-order valence-electron chi connectivity index (χ0n) is 35.5. The number of unbranched alkanes of at least 4 members (excludes halogenated alkanes) is 18. The van der Waals surface area contributed by atoms with Crippen molar-refractivity contribution in [1.29, 1.82) is 0 Å². The number of hydrogen-bond acceptors (Lipinski definition) is 11. The Morgan fingerprint density at radius 3 is 1.79 bits per heavy atom. The highest BCUT2D eigenvalue weighted by molar-refractivity contribution is 7.80. The van der Waals surface area contributed by atoms with Crippen molar-refractivity contribution in [3.05, 3.63) is 48.6 Å². The number of ether oxygens (including phenoxy) is 2. The van der Waals surface area contributed by atoms with Crippen LogP contribution in [-0.2, 0) is 28.9 Å². The Hall–Kier alpha value is -1.98. The molecule has 1 saturated heterocycles. The summed E-state index contributed by atoms with van der Waals surface area (Å²) in [6.07, 6.45) is 29.1. The Bertz CT molecular complexity index is 1240. The molecule has 1 fully saturated rings. The summed E-state index contributed by atoms with van der Waals surface area (Å²) in [5.74, 6) is -0.727. The van der Waals surface area contributed by atoms with Gasteiger partial charge in [0.25, 0.3) is 0 Å². The number of allylic oxidation sites excluding steroid dienone is 7. The van der Waals surface area contributed by atoms with Crippen molar-refractivity contribution in [2.45, 2.75) is 210 Å². The van der Waals surface area contributed by atoms with Crippen molar-refractivity contribution >= 4 is 16.3 Å². The van der Waals surface area contributed by atoms with Crippen molar-refractivity contribution in [1.82, 2.24) is 5.32 Å². The minimum atomic E-state index is -5.12. The van der Waals surface area contributed by atoms with Crippen LogP contribution in [0.25, 0.3) is 0 Å². The minimum absolute atomic E-state index is 0.217.